The highest BCUT2D eigenvalue weighted by atomic mass is 16.1. The smallest absolute Gasteiger partial charge is 0.170 e. The van der Waals surface area contributed by atoms with Crippen molar-refractivity contribution in [3.63, 3.8) is 0 Å². The van der Waals surface area contributed by atoms with Crippen LogP contribution >= 0.6 is 0 Å². The van der Waals surface area contributed by atoms with E-state index in [1.165, 1.54) is 22.3 Å². The molecule has 2 aromatic carbocycles. The first-order valence-corrected chi connectivity index (χ1v) is 7.45. The van der Waals surface area contributed by atoms with Gasteiger partial charge in [0.05, 0.1) is 6.42 Å². The lowest BCUT2D eigenvalue weighted by molar-refractivity contribution is -0.118. The molecule has 0 bridgehead atoms. The van der Waals surface area contributed by atoms with Crippen molar-refractivity contribution >= 4 is 11.6 Å². The van der Waals surface area contributed by atoms with Gasteiger partial charge < -0.3 is 0 Å². The lowest BCUT2D eigenvalue weighted by Gasteiger charge is -2.04. The van der Waals surface area contributed by atoms with Gasteiger partial charge in [0.25, 0.3) is 0 Å². The van der Waals surface area contributed by atoms with Crippen molar-refractivity contribution in [2.45, 2.75) is 32.6 Å². The molecule has 0 aliphatic heterocycles. The molecule has 0 unspecified atom stereocenters. The minimum Gasteiger partial charge on any atom is -0.299 e. The Labute approximate surface area is 124 Å². The van der Waals surface area contributed by atoms with Crippen LogP contribution in [0.25, 0.3) is 11.1 Å². The van der Waals surface area contributed by atoms with Crippen molar-refractivity contribution in [2.24, 2.45) is 0 Å². The van der Waals surface area contributed by atoms with Crippen molar-refractivity contribution < 1.29 is 9.59 Å². The molecule has 2 heteroatoms. The van der Waals surface area contributed by atoms with Crippen LogP contribution < -0.4 is 0 Å². The maximum atomic E-state index is 12.2. The average Bonchev–Trinajstić information content (AvgIpc) is 2.85. The van der Waals surface area contributed by atoms with Crippen LogP contribution in [0.2, 0.25) is 0 Å². The molecule has 0 saturated carbocycles. The van der Waals surface area contributed by atoms with Gasteiger partial charge in [-0.25, -0.2) is 0 Å². The fourth-order valence-corrected chi connectivity index (χ4v) is 2.97. The van der Waals surface area contributed by atoms with Crippen LogP contribution in [0.15, 0.2) is 42.5 Å². The minimum absolute atomic E-state index is 0.0274. The van der Waals surface area contributed by atoms with E-state index < -0.39 is 0 Å². The van der Waals surface area contributed by atoms with Gasteiger partial charge in [-0.2, -0.15) is 0 Å². The molecule has 0 heterocycles. The Hall–Kier alpha value is -2.22. The van der Waals surface area contributed by atoms with Gasteiger partial charge in [0.2, 0.25) is 0 Å². The topological polar surface area (TPSA) is 34.1 Å². The van der Waals surface area contributed by atoms with E-state index in [9.17, 15) is 9.59 Å². The summed E-state index contributed by atoms with van der Waals surface area (Å²) in [5.41, 5.74) is 5.62. The second-order valence-electron chi connectivity index (χ2n) is 5.59. The zero-order chi connectivity index (χ0) is 14.8. The highest BCUT2D eigenvalue weighted by molar-refractivity contribution is 6.08. The van der Waals surface area contributed by atoms with Gasteiger partial charge in [-0.1, -0.05) is 43.3 Å². The number of carbonyl (C=O) groups is 2. The van der Waals surface area contributed by atoms with E-state index >= 15 is 0 Å². The highest BCUT2D eigenvalue weighted by Gasteiger charge is 2.20. The molecule has 0 saturated heterocycles. The molecule has 3 rings (SSSR count). The van der Waals surface area contributed by atoms with Gasteiger partial charge in [0.1, 0.15) is 5.78 Å². The Balaban J connectivity index is 1.84. The van der Waals surface area contributed by atoms with Gasteiger partial charge in [-0.05, 0) is 41.2 Å². The van der Waals surface area contributed by atoms with E-state index in [4.69, 9.17) is 0 Å². The maximum absolute atomic E-state index is 12.2. The average molecular weight is 278 g/mol. The van der Waals surface area contributed by atoms with Gasteiger partial charge in [0.15, 0.2) is 5.78 Å². The number of hydrogen-bond acceptors (Lipinski definition) is 2. The van der Waals surface area contributed by atoms with Crippen LogP contribution in [-0.4, -0.2) is 11.6 Å². The fourth-order valence-electron chi connectivity index (χ4n) is 2.97. The lowest BCUT2D eigenvalue weighted by atomic mass is 9.99. The van der Waals surface area contributed by atoms with Gasteiger partial charge >= 0.3 is 0 Å². The standard InChI is InChI=1S/C19H18O2/c1-2-5-16(20)12-19(21)14-8-9-18-15(11-14)10-13-6-3-4-7-17(13)18/h3-4,6-9,11H,2,5,10,12H2,1H3. The third kappa shape index (κ3) is 2.66. The molecule has 106 valence electrons. The first-order chi connectivity index (χ1) is 10.2. The Kier molecular flexibility index (Phi) is 3.70. The number of benzene rings is 2. The molecular formula is C19H18O2. The molecule has 0 radical (unpaired) electrons. The third-order valence-corrected chi connectivity index (χ3v) is 4.00. The molecule has 0 amide bonds. The number of Topliss-reactive ketones (excluding diaryl/α,β-unsaturated/α-hetero) is 2. The molecule has 2 aromatic rings. The minimum atomic E-state index is -0.0628. The van der Waals surface area contributed by atoms with Crippen molar-refractivity contribution in [3.8, 4) is 11.1 Å². The van der Waals surface area contributed by atoms with Crippen LogP contribution in [0.4, 0.5) is 0 Å². The number of carbonyl (C=O) groups excluding carboxylic acids is 2. The van der Waals surface area contributed by atoms with Crippen LogP contribution in [0.5, 0.6) is 0 Å². The van der Waals surface area contributed by atoms with Crippen molar-refractivity contribution in [3.05, 3.63) is 59.2 Å². The van der Waals surface area contributed by atoms with Crippen LogP contribution in [0.1, 0.15) is 47.7 Å². The van der Waals surface area contributed by atoms with E-state index in [0.29, 0.717) is 12.0 Å². The van der Waals surface area contributed by atoms with E-state index in [-0.39, 0.29) is 18.0 Å². The second-order valence-corrected chi connectivity index (χ2v) is 5.59. The largest absolute Gasteiger partial charge is 0.299 e. The van der Waals surface area contributed by atoms with Crippen LogP contribution in [0, 0.1) is 0 Å². The Bertz CT molecular complexity index is 713. The summed E-state index contributed by atoms with van der Waals surface area (Å²) in [7, 11) is 0. The summed E-state index contributed by atoms with van der Waals surface area (Å²) in [6.45, 7) is 1.95. The zero-order valence-corrected chi connectivity index (χ0v) is 12.2. The molecule has 1 aliphatic rings. The number of hydrogen-bond donors (Lipinski definition) is 0. The molecule has 0 N–H and O–H groups in total. The lowest BCUT2D eigenvalue weighted by Crippen LogP contribution is -2.08. The summed E-state index contributed by atoms with van der Waals surface area (Å²) >= 11 is 0. The molecular weight excluding hydrogens is 260 g/mol. The molecule has 0 fully saturated rings. The Morgan fingerprint density at radius 3 is 2.57 bits per heavy atom. The molecule has 2 nitrogen and oxygen atoms in total. The fraction of sp³-hybridized carbons (Fsp3) is 0.263. The highest BCUT2D eigenvalue weighted by Crippen LogP contribution is 2.36. The normalized spacial score (nSPS) is 11.9. The molecule has 0 aromatic heterocycles. The predicted molar refractivity (Wildman–Crippen MR) is 83.5 cm³/mol. The summed E-state index contributed by atoms with van der Waals surface area (Å²) in [4.78, 5) is 23.8. The Morgan fingerprint density at radius 2 is 1.76 bits per heavy atom. The van der Waals surface area contributed by atoms with Crippen LogP contribution in [-0.2, 0) is 11.2 Å². The summed E-state index contributed by atoms with van der Waals surface area (Å²) in [5, 5.41) is 0. The van der Waals surface area contributed by atoms with Gasteiger partial charge in [-0.3, -0.25) is 9.59 Å². The zero-order valence-electron chi connectivity index (χ0n) is 12.2. The Morgan fingerprint density at radius 1 is 1.00 bits per heavy atom. The number of ketones is 2. The van der Waals surface area contributed by atoms with E-state index in [2.05, 4.69) is 12.1 Å². The SMILES string of the molecule is CCCC(=O)CC(=O)c1ccc2c(c1)Cc1ccccc1-2. The van der Waals surface area contributed by atoms with Gasteiger partial charge in [-0.15, -0.1) is 0 Å². The third-order valence-electron chi connectivity index (χ3n) is 4.00. The first kappa shape index (κ1) is 13.7. The van der Waals surface area contributed by atoms with E-state index in [1.54, 1.807) is 0 Å². The summed E-state index contributed by atoms with van der Waals surface area (Å²) in [5.74, 6) is -0.0292. The monoisotopic (exact) mass is 278 g/mol. The maximum Gasteiger partial charge on any atom is 0.170 e. The van der Waals surface area contributed by atoms with E-state index in [1.807, 2.05) is 37.3 Å². The predicted octanol–water partition coefficient (Wildman–Crippen LogP) is 4.20. The first-order valence-electron chi connectivity index (χ1n) is 7.45. The molecule has 0 spiro atoms. The molecule has 0 atom stereocenters. The van der Waals surface area contributed by atoms with Crippen molar-refractivity contribution in [1.82, 2.24) is 0 Å². The summed E-state index contributed by atoms with van der Waals surface area (Å²) in [6.07, 6.45) is 2.18. The summed E-state index contributed by atoms with van der Waals surface area (Å²) in [6, 6.07) is 14.1. The quantitative estimate of drug-likeness (QED) is 0.518. The van der Waals surface area contributed by atoms with Crippen molar-refractivity contribution in [2.75, 3.05) is 0 Å². The van der Waals surface area contributed by atoms with Gasteiger partial charge in [0, 0.05) is 12.0 Å². The number of rotatable bonds is 5. The van der Waals surface area contributed by atoms with Crippen molar-refractivity contribution in [1.29, 1.82) is 0 Å². The summed E-state index contributed by atoms with van der Waals surface area (Å²) < 4.78 is 0. The number of fused-ring (bicyclic) bond motifs is 3. The second kappa shape index (κ2) is 5.65. The molecule has 1 aliphatic carbocycles. The molecule has 21 heavy (non-hydrogen) atoms. The van der Waals surface area contributed by atoms with E-state index in [0.717, 1.165) is 12.8 Å². The van der Waals surface area contributed by atoms with Crippen LogP contribution in [0.3, 0.4) is 0 Å².